The molecule has 0 fully saturated rings. The number of hydrogen-bond donors (Lipinski definition) is 2. The van der Waals surface area contributed by atoms with Crippen molar-refractivity contribution in [3.63, 3.8) is 0 Å². The number of nitrogens with zero attached hydrogens (tertiary/aromatic N) is 1. The van der Waals surface area contributed by atoms with E-state index in [4.69, 9.17) is 4.42 Å². The molecule has 9 heteroatoms. The van der Waals surface area contributed by atoms with Gasteiger partial charge in [-0.3, -0.25) is 14.6 Å². The highest BCUT2D eigenvalue weighted by Crippen LogP contribution is 2.28. The Morgan fingerprint density at radius 2 is 1.86 bits per heavy atom. The highest BCUT2D eigenvalue weighted by Gasteiger charge is 2.30. The van der Waals surface area contributed by atoms with E-state index < -0.39 is 23.6 Å². The van der Waals surface area contributed by atoms with Crippen LogP contribution in [0.15, 0.2) is 65.4 Å². The minimum atomic E-state index is -4.51. The Bertz CT molecular complexity index is 968. The van der Waals surface area contributed by atoms with Gasteiger partial charge in [-0.25, -0.2) is 0 Å². The first-order valence-electron chi connectivity index (χ1n) is 8.08. The fraction of sp³-hybridized carbons (Fsp3) is 0.105. The Labute approximate surface area is 157 Å². The third-order valence-corrected chi connectivity index (χ3v) is 3.71. The normalized spacial score (nSPS) is 11.1. The maximum Gasteiger partial charge on any atom is 0.417 e. The maximum atomic E-state index is 12.5. The molecular weight excluding hydrogens is 375 g/mol. The van der Waals surface area contributed by atoms with Crippen molar-refractivity contribution in [2.24, 2.45) is 0 Å². The van der Waals surface area contributed by atoms with Crippen molar-refractivity contribution in [1.82, 2.24) is 10.3 Å². The van der Waals surface area contributed by atoms with Crippen molar-refractivity contribution in [3.8, 4) is 0 Å². The summed E-state index contributed by atoms with van der Waals surface area (Å²) in [6.45, 7) is 0.103. The second-order valence-electron chi connectivity index (χ2n) is 5.74. The molecule has 0 aliphatic rings. The van der Waals surface area contributed by atoms with Crippen LogP contribution in [-0.4, -0.2) is 16.8 Å². The summed E-state index contributed by atoms with van der Waals surface area (Å²) in [5, 5.41) is 5.23. The van der Waals surface area contributed by atoms with Gasteiger partial charge in [0, 0.05) is 18.4 Å². The van der Waals surface area contributed by atoms with Crippen molar-refractivity contribution >= 4 is 17.5 Å². The summed E-state index contributed by atoms with van der Waals surface area (Å²) >= 11 is 0. The molecule has 0 aliphatic carbocycles. The van der Waals surface area contributed by atoms with Crippen LogP contribution < -0.4 is 10.6 Å². The number of carbonyl (C=O) groups excluding carboxylic acids is 2. The summed E-state index contributed by atoms with van der Waals surface area (Å²) in [5.74, 6) is -0.869. The van der Waals surface area contributed by atoms with Gasteiger partial charge < -0.3 is 15.1 Å². The van der Waals surface area contributed by atoms with Gasteiger partial charge in [0.1, 0.15) is 5.69 Å². The summed E-state index contributed by atoms with van der Waals surface area (Å²) in [6.07, 6.45) is -2.52. The van der Waals surface area contributed by atoms with Gasteiger partial charge in [-0.05, 0) is 42.0 Å². The van der Waals surface area contributed by atoms with E-state index in [1.165, 1.54) is 12.3 Å². The van der Waals surface area contributed by atoms with Crippen molar-refractivity contribution < 1.29 is 27.2 Å². The average Bonchev–Trinajstić information content (AvgIpc) is 3.21. The number of hydrogen-bond acceptors (Lipinski definition) is 4. The highest BCUT2D eigenvalue weighted by molar-refractivity contribution is 6.02. The molecule has 0 atom stereocenters. The van der Waals surface area contributed by atoms with Crippen LogP contribution in [0.4, 0.5) is 18.9 Å². The molecule has 144 valence electrons. The van der Waals surface area contributed by atoms with Gasteiger partial charge in [-0.1, -0.05) is 12.1 Å². The van der Waals surface area contributed by atoms with Crippen LogP contribution in [0.25, 0.3) is 0 Å². The number of halogens is 3. The van der Waals surface area contributed by atoms with Gasteiger partial charge in [0.05, 0.1) is 11.8 Å². The molecule has 0 spiro atoms. The zero-order chi connectivity index (χ0) is 20.1. The molecule has 0 unspecified atom stereocenters. The van der Waals surface area contributed by atoms with E-state index in [9.17, 15) is 22.8 Å². The number of anilines is 1. The van der Waals surface area contributed by atoms with Crippen LogP contribution in [0, 0.1) is 0 Å². The minimum absolute atomic E-state index is 0.103. The fourth-order valence-electron chi connectivity index (χ4n) is 2.33. The second kappa shape index (κ2) is 7.95. The van der Waals surface area contributed by atoms with E-state index in [2.05, 4.69) is 15.6 Å². The van der Waals surface area contributed by atoms with Crippen LogP contribution in [0.2, 0.25) is 0 Å². The Morgan fingerprint density at radius 3 is 2.50 bits per heavy atom. The first kappa shape index (κ1) is 19.2. The molecule has 3 rings (SSSR count). The zero-order valence-corrected chi connectivity index (χ0v) is 14.3. The van der Waals surface area contributed by atoms with Gasteiger partial charge in [0.2, 0.25) is 0 Å². The Balaban J connectivity index is 1.60. The monoisotopic (exact) mass is 389 g/mol. The summed E-state index contributed by atoms with van der Waals surface area (Å²) in [6, 6.07) is 11.7. The lowest BCUT2D eigenvalue weighted by Crippen LogP contribution is -2.24. The minimum Gasteiger partial charge on any atom is -0.459 e. The van der Waals surface area contributed by atoms with E-state index in [-0.39, 0.29) is 18.0 Å². The van der Waals surface area contributed by atoms with Gasteiger partial charge in [0.25, 0.3) is 11.8 Å². The number of amides is 2. The number of rotatable bonds is 5. The SMILES string of the molecule is O=C(NCc1cccc(NC(=O)c2ccco2)c1)c1ccc(C(F)(F)F)cn1. The first-order valence-corrected chi connectivity index (χ1v) is 8.08. The summed E-state index contributed by atoms with van der Waals surface area (Å²) < 4.78 is 42.6. The van der Waals surface area contributed by atoms with Gasteiger partial charge in [0.15, 0.2) is 5.76 Å². The molecule has 0 saturated heterocycles. The molecule has 0 aliphatic heterocycles. The summed E-state index contributed by atoms with van der Waals surface area (Å²) in [7, 11) is 0. The third-order valence-electron chi connectivity index (χ3n) is 3.71. The van der Waals surface area contributed by atoms with Crippen LogP contribution in [-0.2, 0) is 12.7 Å². The molecule has 2 heterocycles. The van der Waals surface area contributed by atoms with Crippen molar-refractivity contribution in [2.45, 2.75) is 12.7 Å². The highest BCUT2D eigenvalue weighted by atomic mass is 19.4. The predicted molar refractivity (Wildman–Crippen MR) is 93.5 cm³/mol. The van der Waals surface area contributed by atoms with E-state index >= 15 is 0 Å². The molecular formula is C19H14F3N3O3. The summed E-state index contributed by atoms with van der Waals surface area (Å²) in [5.41, 5.74) is 0.123. The van der Waals surface area contributed by atoms with Crippen LogP contribution in [0.3, 0.4) is 0 Å². The molecule has 0 saturated carbocycles. The number of carbonyl (C=O) groups is 2. The fourth-order valence-corrected chi connectivity index (χ4v) is 2.33. The molecule has 3 aromatic rings. The molecule has 28 heavy (non-hydrogen) atoms. The van der Waals surface area contributed by atoms with Crippen molar-refractivity contribution in [3.05, 3.63) is 83.6 Å². The standard InChI is InChI=1S/C19H14F3N3O3/c20-19(21,22)13-6-7-15(23-11-13)17(26)24-10-12-3-1-4-14(9-12)25-18(27)16-5-2-8-28-16/h1-9,11H,10H2,(H,24,26)(H,25,27). The van der Waals surface area contributed by atoms with Crippen molar-refractivity contribution in [1.29, 1.82) is 0 Å². The summed E-state index contributed by atoms with van der Waals surface area (Å²) in [4.78, 5) is 27.6. The number of furan rings is 1. The third kappa shape index (κ3) is 4.76. The first-order chi connectivity index (χ1) is 13.3. The molecule has 6 nitrogen and oxygen atoms in total. The van der Waals surface area contributed by atoms with Gasteiger partial charge in [-0.15, -0.1) is 0 Å². The zero-order valence-electron chi connectivity index (χ0n) is 14.3. The second-order valence-corrected chi connectivity index (χ2v) is 5.74. The Hall–Kier alpha value is -3.62. The lowest BCUT2D eigenvalue weighted by Gasteiger charge is -2.09. The lowest BCUT2D eigenvalue weighted by molar-refractivity contribution is -0.137. The average molecular weight is 389 g/mol. The van der Waals surface area contributed by atoms with E-state index in [0.29, 0.717) is 17.4 Å². The molecule has 0 radical (unpaired) electrons. The molecule has 2 aromatic heterocycles. The van der Waals surface area contributed by atoms with Crippen LogP contribution in [0.5, 0.6) is 0 Å². The van der Waals surface area contributed by atoms with Crippen molar-refractivity contribution in [2.75, 3.05) is 5.32 Å². The number of pyridine rings is 1. The molecule has 2 amide bonds. The van der Waals surface area contributed by atoms with Crippen LogP contribution >= 0.6 is 0 Å². The predicted octanol–water partition coefficient (Wildman–Crippen LogP) is 3.88. The number of benzene rings is 1. The largest absolute Gasteiger partial charge is 0.459 e. The quantitative estimate of drug-likeness (QED) is 0.694. The van der Waals surface area contributed by atoms with E-state index in [1.807, 2.05) is 0 Å². The maximum absolute atomic E-state index is 12.5. The molecule has 0 bridgehead atoms. The van der Waals surface area contributed by atoms with Crippen LogP contribution in [0.1, 0.15) is 32.2 Å². The smallest absolute Gasteiger partial charge is 0.417 e. The van der Waals surface area contributed by atoms with Gasteiger partial charge >= 0.3 is 6.18 Å². The number of nitrogens with one attached hydrogen (secondary N) is 2. The topological polar surface area (TPSA) is 84.2 Å². The molecule has 1 aromatic carbocycles. The Morgan fingerprint density at radius 1 is 1.04 bits per heavy atom. The number of aromatic nitrogens is 1. The van der Waals surface area contributed by atoms with E-state index in [0.717, 1.165) is 12.1 Å². The number of alkyl halides is 3. The van der Waals surface area contributed by atoms with Gasteiger partial charge in [-0.2, -0.15) is 13.2 Å². The Kier molecular flexibility index (Phi) is 5.44. The van der Waals surface area contributed by atoms with E-state index in [1.54, 1.807) is 30.3 Å². The molecule has 2 N–H and O–H groups in total. The lowest BCUT2D eigenvalue weighted by atomic mass is 10.2.